The molecule has 1 aromatic heterocycles. The highest BCUT2D eigenvalue weighted by molar-refractivity contribution is 7.91. The van der Waals surface area contributed by atoms with E-state index in [4.69, 9.17) is 5.14 Å². The predicted octanol–water partition coefficient (Wildman–Crippen LogP) is 0.676. The average Bonchev–Trinajstić information content (AvgIpc) is 2.63. The molecular weight excluding hydrogens is 314 g/mol. The van der Waals surface area contributed by atoms with Crippen molar-refractivity contribution >= 4 is 19.9 Å². The van der Waals surface area contributed by atoms with Crippen LogP contribution in [0.5, 0.6) is 0 Å². The summed E-state index contributed by atoms with van der Waals surface area (Å²) < 4.78 is 48.3. The summed E-state index contributed by atoms with van der Waals surface area (Å²) in [4.78, 5) is 0.0454. The summed E-state index contributed by atoms with van der Waals surface area (Å²) in [5.41, 5.74) is 0.839. The first-order valence-electron chi connectivity index (χ1n) is 6.79. The van der Waals surface area contributed by atoms with E-state index in [9.17, 15) is 16.8 Å². The zero-order valence-electron chi connectivity index (χ0n) is 12.4. The number of sulfone groups is 1. The van der Waals surface area contributed by atoms with Gasteiger partial charge in [-0.25, -0.2) is 22.0 Å². The number of aromatic nitrogens is 2. The maximum absolute atomic E-state index is 11.7. The van der Waals surface area contributed by atoms with Gasteiger partial charge in [-0.15, -0.1) is 0 Å². The number of rotatable bonds is 3. The number of sulfonamides is 1. The van der Waals surface area contributed by atoms with Crippen molar-refractivity contribution in [2.45, 2.75) is 55.7 Å². The molecule has 1 saturated carbocycles. The largest absolute Gasteiger partial charge is 0.265 e. The third-order valence-corrected chi connectivity index (χ3v) is 6.89. The lowest BCUT2D eigenvalue weighted by molar-refractivity contribution is 0.323. The van der Waals surface area contributed by atoms with Gasteiger partial charge in [-0.05, 0) is 33.1 Å². The van der Waals surface area contributed by atoms with E-state index in [0.29, 0.717) is 24.2 Å². The van der Waals surface area contributed by atoms with Gasteiger partial charge in [0, 0.05) is 6.26 Å². The van der Waals surface area contributed by atoms with Gasteiger partial charge in [0.1, 0.15) is 14.7 Å². The number of nitrogens with zero attached hydrogens (tertiary/aromatic N) is 2. The quantitative estimate of drug-likeness (QED) is 0.872. The molecule has 2 N–H and O–H groups in total. The minimum Gasteiger partial charge on any atom is -0.265 e. The zero-order valence-corrected chi connectivity index (χ0v) is 14.0. The molecule has 1 heterocycles. The Balaban J connectivity index is 2.40. The lowest BCUT2D eigenvalue weighted by atomic mass is 9.95. The molecule has 7 nitrogen and oxygen atoms in total. The van der Waals surface area contributed by atoms with E-state index in [1.165, 1.54) is 6.26 Å². The molecule has 21 heavy (non-hydrogen) atoms. The van der Waals surface area contributed by atoms with Gasteiger partial charge in [-0.3, -0.25) is 4.68 Å². The van der Waals surface area contributed by atoms with E-state index < -0.39 is 25.1 Å². The van der Waals surface area contributed by atoms with Crippen LogP contribution in [-0.2, 0) is 19.9 Å². The van der Waals surface area contributed by atoms with Crippen LogP contribution in [0.4, 0.5) is 0 Å². The third-order valence-electron chi connectivity index (χ3n) is 4.09. The Morgan fingerprint density at radius 1 is 1.19 bits per heavy atom. The Bertz CT molecular complexity index is 750. The van der Waals surface area contributed by atoms with Crippen molar-refractivity contribution in [3.05, 3.63) is 11.4 Å². The maximum atomic E-state index is 11.7. The summed E-state index contributed by atoms with van der Waals surface area (Å²) in [5, 5.41) is 9.11. The Labute approximate surface area is 125 Å². The number of hydrogen-bond donors (Lipinski definition) is 1. The second-order valence-electron chi connectivity index (χ2n) is 5.76. The first-order valence-corrected chi connectivity index (χ1v) is 10.3. The van der Waals surface area contributed by atoms with Gasteiger partial charge in [0.25, 0.3) is 0 Å². The molecule has 1 aromatic rings. The molecule has 2 unspecified atom stereocenters. The SMILES string of the molecule is Cc1nn(C2CCCC(S(C)(=O)=O)C2)c(C)c1S(N)(=O)=O. The third kappa shape index (κ3) is 3.29. The molecule has 0 bridgehead atoms. The number of aryl methyl sites for hydroxylation is 1. The Morgan fingerprint density at radius 2 is 1.81 bits per heavy atom. The smallest absolute Gasteiger partial charge is 0.241 e. The molecule has 0 aromatic carbocycles. The summed E-state index contributed by atoms with van der Waals surface area (Å²) in [6, 6.07) is -0.104. The van der Waals surface area contributed by atoms with E-state index in [0.717, 1.165) is 12.8 Å². The van der Waals surface area contributed by atoms with Crippen molar-refractivity contribution in [3.8, 4) is 0 Å². The number of hydrogen-bond acceptors (Lipinski definition) is 5. The van der Waals surface area contributed by atoms with Gasteiger partial charge in [0.2, 0.25) is 10.0 Å². The van der Waals surface area contributed by atoms with Crippen molar-refractivity contribution in [1.82, 2.24) is 9.78 Å². The van der Waals surface area contributed by atoms with E-state index in [1.807, 2.05) is 0 Å². The molecule has 0 aliphatic heterocycles. The van der Waals surface area contributed by atoms with Gasteiger partial charge in [-0.2, -0.15) is 5.10 Å². The highest BCUT2D eigenvalue weighted by Gasteiger charge is 2.32. The van der Waals surface area contributed by atoms with Crippen molar-refractivity contribution in [3.63, 3.8) is 0 Å². The molecule has 2 atom stereocenters. The fraction of sp³-hybridized carbons (Fsp3) is 0.750. The first kappa shape index (κ1) is 16.4. The standard InChI is InChI=1S/C12H21N3O4S2/c1-8-12(21(13,18)19)9(2)15(14-8)10-5-4-6-11(7-10)20(3,16)17/h10-11H,4-7H2,1-3H3,(H2,13,18,19). The molecule has 1 aliphatic carbocycles. The van der Waals surface area contributed by atoms with Crippen molar-refractivity contribution in [2.24, 2.45) is 5.14 Å². The van der Waals surface area contributed by atoms with Gasteiger partial charge >= 0.3 is 0 Å². The molecule has 0 spiro atoms. The molecule has 1 fully saturated rings. The summed E-state index contributed by atoms with van der Waals surface area (Å²) in [5.74, 6) is 0. The molecule has 9 heteroatoms. The number of nitrogens with two attached hydrogens (primary N) is 1. The normalized spacial score (nSPS) is 24.2. The van der Waals surface area contributed by atoms with Gasteiger partial charge < -0.3 is 0 Å². The molecule has 0 amide bonds. The Kier molecular flexibility index (Phi) is 4.20. The van der Waals surface area contributed by atoms with E-state index in [1.54, 1.807) is 18.5 Å². The summed E-state index contributed by atoms with van der Waals surface area (Å²) in [6.45, 7) is 3.25. The van der Waals surface area contributed by atoms with Gasteiger partial charge in [0.15, 0.2) is 0 Å². The molecule has 2 rings (SSSR count). The maximum Gasteiger partial charge on any atom is 0.241 e. The van der Waals surface area contributed by atoms with Gasteiger partial charge in [-0.1, -0.05) is 6.42 Å². The van der Waals surface area contributed by atoms with Crippen LogP contribution in [0.25, 0.3) is 0 Å². The fourth-order valence-electron chi connectivity index (χ4n) is 3.15. The molecule has 1 aliphatic rings. The van der Waals surface area contributed by atoms with Crippen molar-refractivity contribution in [2.75, 3.05) is 6.26 Å². The van der Waals surface area contributed by atoms with Gasteiger partial charge in [0.05, 0.1) is 22.7 Å². The van der Waals surface area contributed by atoms with E-state index in [-0.39, 0.29) is 10.9 Å². The van der Waals surface area contributed by atoms with Crippen LogP contribution in [0.15, 0.2) is 4.90 Å². The lowest BCUT2D eigenvalue weighted by Crippen LogP contribution is -2.29. The van der Waals surface area contributed by atoms with Crippen LogP contribution < -0.4 is 5.14 Å². The fourth-order valence-corrected chi connectivity index (χ4v) is 5.27. The summed E-state index contributed by atoms with van der Waals surface area (Å²) in [6.07, 6.45) is 3.93. The molecule has 120 valence electrons. The van der Waals surface area contributed by atoms with Crippen LogP contribution in [0, 0.1) is 13.8 Å². The Hall–Kier alpha value is -0.930. The monoisotopic (exact) mass is 335 g/mol. The summed E-state index contributed by atoms with van der Waals surface area (Å²) >= 11 is 0. The number of primary sulfonamides is 1. The van der Waals surface area contributed by atoms with Crippen molar-refractivity contribution < 1.29 is 16.8 Å². The van der Waals surface area contributed by atoms with Crippen LogP contribution in [0.3, 0.4) is 0 Å². The summed E-state index contributed by atoms with van der Waals surface area (Å²) in [7, 11) is -6.92. The predicted molar refractivity (Wildman–Crippen MR) is 79.2 cm³/mol. The second kappa shape index (κ2) is 5.36. The Morgan fingerprint density at radius 3 is 2.29 bits per heavy atom. The van der Waals surface area contributed by atoms with Crippen molar-refractivity contribution in [1.29, 1.82) is 0 Å². The minimum atomic E-state index is -3.83. The first-order chi connectivity index (χ1) is 9.51. The topological polar surface area (TPSA) is 112 Å². The molecular formula is C12H21N3O4S2. The van der Waals surface area contributed by atoms with Crippen LogP contribution in [0.1, 0.15) is 43.1 Å². The van der Waals surface area contributed by atoms with E-state index in [2.05, 4.69) is 5.10 Å². The minimum absolute atomic E-state index is 0.0454. The van der Waals surface area contributed by atoms with Crippen LogP contribution in [-0.4, -0.2) is 38.1 Å². The molecule has 0 saturated heterocycles. The highest BCUT2D eigenvalue weighted by atomic mass is 32.2. The van der Waals surface area contributed by atoms with E-state index >= 15 is 0 Å². The molecule has 0 radical (unpaired) electrons. The second-order valence-corrected chi connectivity index (χ2v) is 9.59. The lowest BCUT2D eigenvalue weighted by Gasteiger charge is -2.29. The zero-order chi connectivity index (χ0) is 16.0. The average molecular weight is 335 g/mol. The van der Waals surface area contributed by atoms with Crippen LogP contribution >= 0.6 is 0 Å². The highest BCUT2D eigenvalue weighted by Crippen LogP contribution is 2.34. The van der Waals surface area contributed by atoms with Crippen LogP contribution in [0.2, 0.25) is 0 Å².